The molecule has 1 amide bonds. The van der Waals surface area contributed by atoms with E-state index in [0.717, 1.165) is 5.69 Å². The maximum absolute atomic E-state index is 12.2. The third-order valence-corrected chi connectivity index (χ3v) is 3.52. The van der Waals surface area contributed by atoms with Gasteiger partial charge in [-0.15, -0.1) is 0 Å². The normalized spacial score (nSPS) is 12.5. The fourth-order valence-electron chi connectivity index (χ4n) is 1.92. The molecule has 2 atom stereocenters. The molecule has 142 valence electrons. The number of nitrogens with zero attached hydrogens (tertiary/aromatic N) is 1. The average Bonchev–Trinajstić information content (AvgIpc) is 2.67. The number of ether oxygens (including phenoxy) is 2. The minimum absolute atomic E-state index is 0.0415. The average molecular weight is 364 g/mol. The number of anilines is 1. The van der Waals surface area contributed by atoms with Gasteiger partial charge in [0.1, 0.15) is 18.8 Å². The summed E-state index contributed by atoms with van der Waals surface area (Å²) < 4.78 is 10.1. The minimum atomic E-state index is -0.982. The molecule has 0 saturated carbocycles. The van der Waals surface area contributed by atoms with Gasteiger partial charge in [-0.05, 0) is 25.5 Å². The predicted molar refractivity (Wildman–Crippen MR) is 95.1 cm³/mol. The van der Waals surface area contributed by atoms with Gasteiger partial charge in [-0.2, -0.15) is 0 Å². The smallest absolute Gasteiger partial charge is 0.328 e. The van der Waals surface area contributed by atoms with Crippen LogP contribution in [-0.2, 0) is 23.9 Å². The molecule has 0 aliphatic carbocycles. The molecule has 0 bridgehead atoms. The van der Waals surface area contributed by atoms with Crippen molar-refractivity contribution in [1.29, 1.82) is 5.41 Å². The lowest BCUT2D eigenvalue weighted by Gasteiger charge is -2.19. The number of pyridine rings is 1. The van der Waals surface area contributed by atoms with Gasteiger partial charge in [0.2, 0.25) is 5.91 Å². The first kappa shape index (κ1) is 21.2. The van der Waals surface area contributed by atoms with Gasteiger partial charge in [0, 0.05) is 38.2 Å². The van der Waals surface area contributed by atoms with E-state index in [1.807, 2.05) is 0 Å². The summed E-state index contributed by atoms with van der Waals surface area (Å²) in [6.07, 6.45) is 3.22. The Hall–Kier alpha value is -2.81. The lowest BCUT2D eigenvalue weighted by Crippen LogP contribution is -2.46. The molecule has 0 aliphatic heterocycles. The number of hydrogen-bond acceptors (Lipinski definition) is 8. The Morgan fingerprint density at radius 3 is 2.62 bits per heavy atom. The van der Waals surface area contributed by atoms with Crippen LogP contribution < -0.4 is 10.6 Å². The van der Waals surface area contributed by atoms with E-state index in [1.165, 1.54) is 7.11 Å². The van der Waals surface area contributed by atoms with Crippen molar-refractivity contribution < 1.29 is 23.9 Å². The Kier molecular flexibility index (Phi) is 9.55. The predicted octanol–water partition coefficient (Wildman–Crippen LogP) is 0.555. The van der Waals surface area contributed by atoms with E-state index in [1.54, 1.807) is 31.5 Å². The zero-order chi connectivity index (χ0) is 19.4. The number of hydrogen-bond donors (Lipinski definition) is 3. The Bertz CT molecular complexity index is 608. The van der Waals surface area contributed by atoms with E-state index in [-0.39, 0.29) is 19.4 Å². The van der Waals surface area contributed by atoms with Crippen molar-refractivity contribution in [1.82, 2.24) is 10.3 Å². The first-order valence-electron chi connectivity index (χ1n) is 8.15. The van der Waals surface area contributed by atoms with Gasteiger partial charge in [0.05, 0.1) is 6.21 Å². The van der Waals surface area contributed by atoms with Gasteiger partial charge < -0.3 is 25.5 Å². The van der Waals surface area contributed by atoms with Gasteiger partial charge >= 0.3 is 5.97 Å². The number of Topliss-reactive ketones (excluding diaryl/α,β-unsaturated/α-hetero) is 1. The highest BCUT2D eigenvalue weighted by molar-refractivity contribution is 6.26. The van der Waals surface area contributed by atoms with Crippen LogP contribution in [-0.4, -0.2) is 61.3 Å². The summed E-state index contributed by atoms with van der Waals surface area (Å²) >= 11 is 0. The van der Waals surface area contributed by atoms with Crippen LogP contribution in [0.25, 0.3) is 0 Å². The number of methoxy groups -OCH3 is 1. The number of carbonyl (C=O) groups is 3. The van der Waals surface area contributed by atoms with E-state index < -0.39 is 29.8 Å². The standard InChI is InChI=1S/C17H24N4O5/c1-12(25-2)16(23)21-15(4-3-14(22)11-18)17(24)26-10-9-20-13-5-7-19-8-6-13/h5-8,11-12,15,18H,3-4,9-10H2,1-2H3,(H,19,20)(H,21,23)/t12-,15+/m1/s1. The van der Waals surface area contributed by atoms with Crippen molar-refractivity contribution in [2.75, 3.05) is 25.6 Å². The summed E-state index contributed by atoms with van der Waals surface area (Å²) in [6.45, 7) is 2.01. The molecule has 0 unspecified atom stereocenters. The fourth-order valence-corrected chi connectivity index (χ4v) is 1.92. The number of ketones is 1. The maximum Gasteiger partial charge on any atom is 0.328 e. The summed E-state index contributed by atoms with van der Waals surface area (Å²) in [6, 6.07) is 2.57. The van der Waals surface area contributed by atoms with Crippen LogP contribution in [0.15, 0.2) is 24.5 Å². The van der Waals surface area contributed by atoms with E-state index in [9.17, 15) is 14.4 Å². The van der Waals surface area contributed by atoms with Crippen LogP contribution in [0.1, 0.15) is 19.8 Å². The number of carbonyl (C=O) groups excluding carboxylic acids is 3. The number of esters is 1. The highest BCUT2D eigenvalue weighted by Gasteiger charge is 2.25. The molecular weight excluding hydrogens is 340 g/mol. The second-order valence-electron chi connectivity index (χ2n) is 5.42. The Morgan fingerprint density at radius 1 is 1.31 bits per heavy atom. The van der Waals surface area contributed by atoms with Crippen molar-refractivity contribution in [3.8, 4) is 0 Å². The SMILES string of the molecule is CO[C@H](C)C(=O)N[C@@H](CCC(=O)C=N)C(=O)OCCNc1ccncc1. The van der Waals surface area contributed by atoms with Gasteiger partial charge in [0.15, 0.2) is 5.78 Å². The summed E-state index contributed by atoms with van der Waals surface area (Å²) in [5.74, 6) is -1.56. The molecule has 9 heteroatoms. The first-order valence-corrected chi connectivity index (χ1v) is 8.15. The fraction of sp³-hybridized carbons (Fsp3) is 0.471. The molecule has 3 N–H and O–H groups in total. The van der Waals surface area contributed by atoms with Crippen molar-refractivity contribution in [3.05, 3.63) is 24.5 Å². The topological polar surface area (TPSA) is 130 Å². The highest BCUT2D eigenvalue weighted by atomic mass is 16.5. The van der Waals surface area contributed by atoms with Gasteiger partial charge in [0.25, 0.3) is 0 Å². The number of aromatic nitrogens is 1. The molecule has 1 rings (SSSR count). The third kappa shape index (κ3) is 7.84. The molecule has 0 aliphatic rings. The quantitative estimate of drug-likeness (QED) is 0.280. The largest absolute Gasteiger partial charge is 0.462 e. The summed E-state index contributed by atoms with van der Waals surface area (Å²) in [5, 5.41) is 12.5. The van der Waals surface area contributed by atoms with Crippen LogP contribution in [0.5, 0.6) is 0 Å². The monoisotopic (exact) mass is 364 g/mol. The molecule has 0 spiro atoms. The molecule has 0 fully saturated rings. The van der Waals surface area contributed by atoms with E-state index in [2.05, 4.69) is 15.6 Å². The third-order valence-electron chi connectivity index (χ3n) is 3.52. The molecule has 0 aromatic carbocycles. The number of nitrogens with one attached hydrogen (secondary N) is 3. The Labute approximate surface area is 152 Å². The minimum Gasteiger partial charge on any atom is -0.462 e. The summed E-state index contributed by atoms with van der Waals surface area (Å²) in [5.41, 5.74) is 0.839. The van der Waals surface area contributed by atoms with Crippen molar-refractivity contribution in [3.63, 3.8) is 0 Å². The highest BCUT2D eigenvalue weighted by Crippen LogP contribution is 2.04. The van der Waals surface area contributed by atoms with Crippen molar-refractivity contribution in [2.45, 2.75) is 31.9 Å². The first-order chi connectivity index (χ1) is 12.5. The number of rotatable bonds is 12. The Morgan fingerprint density at radius 2 is 2.00 bits per heavy atom. The number of amides is 1. The molecule has 9 nitrogen and oxygen atoms in total. The second kappa shape index (κ2) is 11.7. The lowest BCUT2D eigenvalue weighted by molar-refractivity contribution is -0.149. The molecule has 1 aromatic heterocycles. The zero-order valence-corrected chi connectivity index (χ0v) is 14.9. The van der Waals surface area contributed by atoms with E-state index in [4.69, 9.17) is 14.9 Å². The molecule has 0 radical (unpaired) electrons. The van der Waals surface area contributed by atoms with Crippen molar-refractivity contribution >= 4 is 29.6 Å². The van der Waals surface area contributed by atoms with Crippen LogP contribution in [0.4, 0.5) is 5.69 Å². The van der Waals surface area contributed by atoms with E-state index >= 15 is 0 Å². The zero-order valence-electron chi connectivity index (χ0n) is 14.9. The van der Waals surface area contributed by atoms with E-state index in [0.29, 0.717) is 12.8 Å². The van der Waals surface area contributed by atoms with Crippen LogP contribution >= 0.6 is 0 Å². The maximum atomic E-state index is 12.2. The molecule has 1 aromatic rings. The molecule has 1 heterocycles. The lowest BCUT2D eigenvalue weighted by atomic mass is 10.1. The van der Waals surface area contributed by atoms with Gasteiger partial charge in [-0.1, -0.05) is 0 Å². The summed E-state index contributed by atoms with van der Waals surface area (Å²) in [7, 11) is 1.38. The summed E-state index contributed by atoms with van der Waals surface area (Å²) in [4.78, 5) is 39.3. The van der Waals surface area contributed by atoms with Crippen LogP contribution in [0.3, 0.4) is 0 Å². The van der Waals surface area contributed by atoms with Crippen molar-refractivity contribution in [2.24, 2.45) is 0 Å². The van der Waals surface area contributed by atoms with Crippen LogP contribution in [0.2, 0.25) is 0 Å². The second-order valence-corrected chi connectivity index (χ2v) is 5.42. The van der Waals surface area contributed by atoms with Crippen LogP contribution in [0, 0.1) is 5.41 Å². The molecule has 0 saturated heterocycles. The Balaban J connectivity index is 2.51. The van der Waals surface area contributed by atoms with Gasteiger partial charge in [-0.25, -0.2) is 4.79 Å². The van der Waals surface area contributed by atoms with Gasteiger partial charge in [-0.3, -0.25) is 14.6 Å². The molecular formula is C17H24N4O5. The molecule has 26 heavy (non-hydrogen) atoms.